The summed E-state index contributed by atoms with van der Waals surface area (Å²) < 4.78 is 0. The van der Waals surface area contributed by atoms with Crippen LogP contribution in [0.25, 0.3) is 0 Å². The summed E-state index contributed by atoms with van der Waals surface area (Å²) in [4.78, 5) is 6.94. The molecule has 116 valence electrons. The largest absolute Gasteiger partial charge is 0.508 e. The van der Waals surface area contributed by atoms with Crippen LogP contribution in [0.4, 0.5) is 17.1 Å². The van der Waals surface area contributed by atoms with E-state index in [0.29, 0.717) is 5.75 Å². The second-order valence-electron chi connectivity index (χ2n) is 5.89. The molecule has 0 aliphatic carbocycles. The Morgan fingerprint density at radius 3 is 2.27 bits per heavy atom. The Labute approximate surface area is 132 Å². The van der Waals surface area contributed by atoms with Gasteiger partial charge in [0.05, 0.1) is 0 Å². The van der Waals surface area contributed by atoms with E-state index in [1.807, 2.05) is 12.1 Å². The minimum atomic E-state index is 0.295. The van der Waals surface area contributed by atoms with Gasteiger partial charge < -0.3 is 19.8 Å². The van der Waals surface area contributed by atoms with Gasteiger partial charge in [0.1, 0.15) is 5.75 Å². The molecular weight excluding hydrogens is 274 g/mol. The average molecular weight is 297 g/mol. The zero-order valence-corrected chi connectivity index (χ0v) is 13.2. The molecule has 0 saturated carbocycles. The molecule has 22 heavy (non-hydrogen) atoms. The Balaban J connectivity index is 1.80. The number of hydrogen-bond acceptors (Lipinski definition) is 4. The Morgan fingerprint density at radius 1 is 0.909 bits per heavy atom. The summed E-state index contributed by atoms with van der Waals surface area (Å²) in [5.74, 6) is 0.295. The number of benzene rings is 2. The van der Waals surface area contributed by atoms with Gasteiger partial charge >= 0.3 is 0 Å². The number of rotatable bonds is 3. The summed E-state index contributed by atoms with van der Waals surface area (Å²) in [6.07, 6.45) is 0. The Kier molecular flexibility index (Phi) is 4.20. The first-order chi connectivity index (χ1) is 10.6. The highest BCUT2D eigenvalue weighted by molar-refractivity contribution is 5.67. The number of phenols is 1. The van der Waals surface area contributed by atoms with Gasteiger partial charge in [-0.2, -0.15) is 0 Å². The van der Waals surface area contributed by atoms with E-state index < -0.39 is 0 Å². The number of phenolic OH excluding ortho intramolecular Hbond substituents is 1. The van der Waals surface area contributed by atoms with E-state index in [1.165, 1.54) is 5.69 Å². The van der Waals surface area contributed by atoms with Crippen LogP contribution in [0.15, 0.2) is 48.5 Å². The fourth-order valence-corrected chi connectivity index (χ4v) is 2.79. The third-order valence-corrected chi connectivity index (χ3v) is 4.32. The number of hydrogen-bond donors (Lipinski definition) is 1. The molecule has 1 aliphatic rings. The molecule has 3 rings (SSSR count). The fraction of sp³-hybridized carbons (Fsp3) is 0.333. The number of piperazine rings is 1. The van der Waals surface area contributed by atoms with Crippen molar-refractivity contribution in [3.63, 3.8) is 0 Å². The zero-order chi connectivity index (χ0) is 15.5. The van der Waals surface area contributed by atoms with Gasteiger partial charge in [-0.25, -0.2) is 0 Å². The molecular formula is C18H23N3O. The Bertz CT molecular complexity index is 618. The summed E-state index contributed by atoms with van der Waals surface area (Å²) in [5.41, 5.74) is 3.49. The van der Waals surface area contributed by atoms with E-state index in [-0.39, 0.29) is 0 Å². The second kappa shape index (κ2) is 6.28. The van der Waals surface area contributed by atoms with Gasteiger partial charge in [-0.3, -0.25) is 0 Å². The summed E-state index contributed by atoms with van der Waals surface area (Å²) in [7, 11) is 4.22. The molecule has 0 atom stereocenters. The van der Waals surface area contributed by atoms with Crippen LogP contribution in [-0.2, 0) is 0 Å². The summed E-state index contributed by atoms with van der Waals surface area (Å²) in [6.45, 7) is 4.36. The summed E-state index contributed by atoms with van der Waals surface area (Å²) >= 11 is 0. The lowest BCUT2D eigenvalue weighted by molar-refractivity contribution is 0.313. The number of aromatic hydroxyl groups is 1. The van der Waals surface area contributed by atoms with Crippen LogP contribution >= 0.6 is 0 Å². The molecule has 1 N–H and O–H groups in total. The molecule has 4 nitrogen and oxygen atoms in total. The highest BCUT2D eigenvalue weighted by Gasteiger charge is 2.15. The SMILES string of the molecule is CN1CCN(c2cccc(N(C)c3ccc(O)cc3)c2)CC1. The summed E-state index contributed by atoms with van der Waals surface area (Å²) in [6, 6.07) is 15.9. The van der Waals surface area contributed by atoms with Crippen molar-refractivity contribution >= 4 is 17.1 Å². The third-order valence-electron chi connectivity index (χ3n) is 4.32. The van der Waals surface area contributed by atoms with E-state index >= 15 is 0 Å². The van der Waals surface area contributed by atoms with E-state index in [4.69, 9.17) is 0 Å². The Hall–Kier alpha value is -2.20. The van der Waals surface area contributed by atoms with Crippen molar-refractivity contribution in [3.05, 3.63) is 48.5 Å². The minimum absolute atomic E-state index is 0.295. The average Bonchev–Trinajstić information content (AvgIpc) is 2.56. The number of nitrogens with zero attached hydrogens (tertiary/aromatic N) is 3. The lowest BCUT2D eigenvalue weighted by Crippen LogP contribution is -2.44. The molecule has 0 radical (unpaired) electrons. The van der Waals surface area contributed by atoms with Crippen LogP contribution in [-0.4, -0.2) is 50.3 Å². The smallest absolute Gasteiger partial charge is 0.115 e. The molecule has 0 spiro atoms. The van der Waals surface area contributed by atoms with Gasteiger partial charge in [-0.05, 0) is 49.5 Å². The van der Waals surface area contributed by atoms with E-state index in [9.17, 15) is 5.11 Å². The molecule has 1 heterocycles. The topological polar surface area (TPSA) is 30.0 Å². The zero-order valence-electron chi connectivity index (χ0n) is 13.2. The second-order valence-corrected chi connectivity index (χ2v) is 5.89. The van der Waals surface area contributed by atoms with Gasteiger partial charge in [0.25, 0.3) is 0 Å². The van der Waals surface area contributed by atoms with Crippen LogP contribution in [0, 0.1) is 0 Å². The molecule has 2 aromatic rings. The predicted octanol–water partition coefficient (Wildman–Crippen LogP) is 2.91. The fourth-order valence-electron chi connectivity index (χ4n) is 2.79. The molecule has 1 fully saturated rings. The molecule has 0 unspecified atom stereocenters. The van der Waals surface area contributed by atoms with Crippen molar-refractivity contribution in [1.29, 1.82) is 0 Å². The number of likely N-dealkylation sites (N-methyl/N-ethyl adjacent to an activating group) is 1. The van der Waals surface area contributed by atoms with Gasteiger partial charge in [0.2, 0.25) is 0 Å². The quantitative estimate of drug-likeness (QED) is 0.943. The highest BCUT2D eigenvalue weighted by Crippen LogP contribution is 2.28. The maximum Gasteiger partial charge on any atom is 0.115 e. The molecule has 2 aromatic carbocycles. The Morgan fingerprint density at radius 2 is 1.59 bits per heavy atom. The van der Waals surface area contributed by atoms with Crippen molar-refractivity contribution in [1.82, 2.24) is 4.90 Å². The minimum Gasteiger partial charge on any atom is -0.508 e. The van der Waals surface area contributed by atoms with Crippen molar-refractivity contribution in [2.75, 3.05) is 50.1 Å². The van der Waals surface area contributed by atoms with Crippen LogP contribution in [0.2, 0.25) is 0 Å². The van der Waals surface area contributed by atoms with Crippen molar-refractivity contribution in [2.24, 2.45) is 0 Å². The summed E-state index contributed by atoms with van der Waals surface area (Å²) in [5, 5.41) is 9.42. The molecule has 4 heteroatoms. The van der Waals surface area contributed by atoms with E-state index in [2.05, 4.69) is 53.1 Å². The van der Waals surface area contributed by atoms with E-state index in [1.54, 1.807) is 12.1 Å². The molecule has 1 saturated heterocycles. The standard InChI is InChI=1S/C18H23N3O/c1-19-10-12-21(13-11-19)17-5-3-4-16(14-17)20(2)15-6-8-18(22)9-7-15/h3-9,14,22H,10-13H2,1-2H3. The molecule has 1 aliphatic heterocycles. The third kappa shape index (κ3) is 3.17. The lowest BCUT2D eigenvalue weighted by atomic mass is 10.2. The molecule has 0 amide bonds. The normalized spacial score (nSPS) is 15.8. The number of anilines is 3. The van der Waals surface area contributed by atoms with E-state index in [0.717, 1.165) is 37.6 Å². The molecule has 0 aromatic heterocycles. The van der Waals surface area contributed by atoms with Crippen LogP contribution in [0.3, 0.4) is 0 Å². The maximum absolute atomic E-state index is 9.42. The van der Waals surface area contributed by atoms with Crippen molar-refractivity contribution < 1.29 is 5.11 Å². The van der Waals surface area contributed by atoms with Crippen LogP contribution < -0.4 is 9.80 Å². The van der Waals surface area contributed by atoms with Gasteiger partial charge in [-0.15, -0.1) is 0 Å². The van der Waals surface area contributed by atoms with Crippen LogP contribution in [0.5, 0.6) is 5.75 Å². The molecule has 0 bridgehead atoms. The highest BCUT2D eigenvalue weighted by atomic mass is 16.3. The maximum atomic E-state index is 9.42. The van der Waals surface area contributed by atoms with Gasteiger partial charge in [0.15, 0.2) is 0 Å². The monoisotopic (exact) mass is 297 g/mol. The first kappa shape index (κ1) is 14.7. The van der Waals surface area contributed by atoms with Crippen molar-refractivity contribution in [3.8, 4) is 5.75 Å². The van der Waals surface area contributed by atoms with Gasteiger partial charge in [0, 0.05) is 50.3 Å². The predicted molar refractivity (Wildman–Crippen MR) is 92.3 cm³/mol. The van der Waals surface area contributed by atoms with Crippen molar-refractivity contribution in [2.45, 2.75) is 0 Å². The lowest BCUT2D eigenvalue weighted by Gasteiger charge is -2.34. The first-order valence-electron chi connectivity index (χ1n) is 7.70. The van der Waals surface area contributed by atoms with Gasteiger partial charge in [-0.1, -0.05) is 6.07 Å². The first-order valence-corrected chi connectivity index (χ1v) is 7.70. The van der Waals surface area contributed by atoms with Crippen LogP contribution in [0.1, 0.15) is 0 Å².